The van der Waals surface area contributed by atoms with Crippen molar-refractivity contribution in [2.75, 3.05) is 31.8 Å². The zero-order chi connectivity index (χ0) is 15.1. The average Bonchev–Trinajstić information content (AvgIpc) is 2.52. The highest BCUT2D eigenvalue weighted by Gasteiger charge is 2.18. The number of rotatable bonds is 8. The molecule has 0 spiro atoms. The Kier molecular flexibility index (Phi) is 6.51. The minimum atomic E-state index is 0.503. The topological polar surface area (TPSA) is 39.7 Å². The van der Waals surface area contributed by atoms with Gasteiger partial charge in [0.15, 0.2) is 11.5 Å². The molecule has 0 saturated heterocycles. The molecule has 0 radical (unpaired) electrons. The van der Waals surface area contributed by atoms with Gasteiger partial charge in [0.2, 0.25) is 5.75 Å². The molecule has 1 heterocycles. The van der Waals surface area contributed by atoms with Crippen molar-refractivity contribution in [1.82, 2.24) is 5.32 Å². The molecule has 118 valence electrons. The Morgan fingerprint density at radius 3 is 2.90 bits per heavy atom. The lowest BCUT2D eigenvalue weighted by Gasteiger charge is -2.22. The molecule has 0 aliphatic carbocycles. The van der Waals surface area contributed by atoms with E-state index in [0.717, 1.165) is 29.4 Å². The third kappa shape index (κ3) is 4.71. The Balaban J connectivity index is 1.94. The molecule has 0 aromatic heterocycles. The van der Waals surface area contributed by atoms with E-state index in [1.807, 2.05) is 23.9 Å². The quantitative estimate of drug-likeness (QED) is 0.747. The summed E-state index contributed by atoms with van der Waals surface area (Å²) in [7, 11) is 1.66. The molecule has 0 saturated carbocycles. The van der Waals surface area contributed by atoms with Crippen LogP contribution >= 0.6 is 11.8 Å². The number of hydrogen-bond donors (Lipinski definition) is 1. The van der Waals surface area contributed by atoms with Crippen LogP contribution in [0.5, 0.6) is 17.2 Å². The maximum absolute atomic E-state index is 5.66. The second kappa shape index (κ2) is 8.39. The van der Waals surface area contributed by atoms with Gasteiger partial charge < -0.3 is 19.5 Å². The van der Waals surface area contributed by atoms with Crippen LogP contribution in [-0.2, 0) is 6.54 Å². The molecule has 1 aromatic rings. The van der Waals surface area contributed by atoms with Gasteiger partial charge in [-0.1, -0.05) is 6.92 Å². The summed E-state index contributed by atoms with van der Waals surface area (Å²) in [6, 6.07) is 4.56. The number of hydrogen-bond acceptors (Lipinski definition) is 5. The second-order valence-electron chi connectivity index (χ2n) is 5.09. The molecule has 1 unspecified atom stereocenters. The molecule has 0 amide bonds. The van der Waals surface area contributed by atoms with Crippen molar-refractivity contribution < 1.29 is 14.2 Å². The van der Waals surface area contributed by atoms with E-state index in [9.17, 15) is 0 Å². The van der Waals surface area contributed by atoms with Crippen molar-refractivity contribution in [2.45, 2.75) is 32.9 Å². The third-order valence-corrected chi connectivity index (χ3v) is 4.37. The fourth-order valence-corrected chi connectivity index (χ4v) is 3.04. The number of benzene rings is 1. The van der Waals surface area contributed by atoms with E-state index >= 15 is 0 Å². The molecule has 0 bridgehead atoms. The smallest absolute Gasteiger partial charge is 0.203 e. The molecular formula is C16H25NO3S. The molecule has 1 N–H and O–H groups in total. The first-order chi connectivity index (χ1) is 10.2. The van der Waals surface area contributed by atoms with E-state index in [0.29, 0.717) is 19.3 Å². The van der Waals surface area contributed by atoms with Gasteiger partial charge in [0, 0.05) is 12.6 Å². The van der Waals surface area contributed by atoms with Crippen molar-refractivity contribution in [3.05, 3.63) is 17.7 Å². The average molecular weight is 311 g/mol. The van der Waals surface area contributed by atoms with Crippen molar-refractivity contribution in [2.24, 2.45) is 0 Å². The highest BCUT2D eigenvalue weighted by Crippen LogP contribution is 2.40. The highest BCUT2D eigenvalue weighted by atomic mass is 32.2. The Morgan fingerprint density at radius 1 is 1.33 bits per heavy atom. The zero-order valence-electron chi connectivity index (χ0n) is 13.1. The molecule has 4 nitrogen and oxygen atoms in total. The lowest BCUT2D eigenvalue weighted by atomic mass is 10.1. The van der Waals surface area contributed by atoms with Crippen molar-refractivity contribution in [3.8, 4) is 17.2 Å². The van der Waals surface area contributed by atoms with Gasteiger partial charge in [0.05, 0.1) is 7.11 Å². The van der Waals surface area contributed by atoms with E-state index < -0.39 is 0 Å². The van der Waals surface area contributed by atoms with Crippen molar-refractivity contribution in [3.63, 3.8) is 0 Å². The monoisotopic (exact) mass is 311 g/mol. The summed E-state index contributed by atoms with van der Waals surface area (Å²) >= 11 is 1.99. The van der Waals surface area contributed by atoms with Crippen LogP contribution in [0.3, 0.4) is 0 Å². The van der Waals surface area contributed by atoms with Gasteiger partial charge in [-0.05, 0) is 42.5 Å². The Morgan fingerprint density at radius 2 is 2.14 bits per heavy atom. The summed E-state index contributed by atoms with van der Waals surface area (Å²) < 4.78 is 16.7. The Bertz CT molecular complexity index is 436. The fraction of sp³-hybridized carbons (Fsp3) is 0.625. The summed E-state index contributed by atoms with van der Waals surface area (Å²) in [5.41, 5.74) is 1.16. The third-order valence-electron chi connectivity index (χ3n) is 3.44. The van der Waals surface area contributed by atoms with Crippen LogP contribution in [0.25, 0.3) is 0 Å². The molecule has 0 fully saturated rings. The van der Waals surface area contributed by atoms with Crippen molar-refractivity contribution in [1.29, 1.82) is 0 Å². The summed E-state index contributed by atoms with van der Waals surface area (Å²) in [6.07, 6.45) is 1.18. The maximum atomic E-state index is 5.66. The van der Waals surface area contributed by atoms with Gasteiger partial charge >= 0.3 is 0 Å². The molecule has 1 aliphatic rings. The zero-order valence-corrected chi connectivity index (χ0v) is 13.9. The number of methoxy groups -OCH3 is 1. The van der Waals surface area contributed by atoms with Crippen LogP contribution in [0.15, 0.2) is 12.1 Å². The van der Waals surface area contributed by atoms with Gasteiger partial charge in [-0.15, -0.1) is 0 Å². The lowest BCUT2D eigenvalue weighted by Crippen LogP contribution is -2.26. The van der Waals surface area contributed by atoms with Crippen LogP contribution in [0.1, 0.15) is 25.8 Å². The SMILES string of the molecule is CCSCCC(C)NCc1cc(OC)c2c(c1)OCCO2. The van der Waals surface area contributed by atoms with Crippen LogP contribution in [-0.4, -0.2) is 37.9 Å². The van der Waals surface area contributed by atoms with Gasteiger partial charge in [0.1, 0.15) is 13.2 Å². The summed E-state index contributed by atoms with van der Waals surface area (Å²) in [5, 5.41) is 3.55. The van der Waals surface area contributed by atoms with Crippen molar-refractivity contribution >= 4 is 11.8 Å². The molecule has 1 aromatic carbocycles. The maximum Gasteiger partial charge on any atom is 0.203 e. The van der Waals surface area contributed by atoms with Gasteiger partial charge in [-0.25, -0.2) is 0 Å². The van der Waals surface area contributed by atoms with Gasteiger partial charge in [0.25, 0.3) is 0 Å². The predicted molar refractivity (Wildman–Crippen MR) is 87.9 cm³/mol. The lowest BCUT2D eigenvalue weighted by molar-refractivity contribution is 0.165. The Hall–Kier alpha value is -1.07. The molecular weight excluding hydrogens is 286 g/mol. The first kappa shape index (κ1) is 16.3. The first-order valence-corrected chi connectivity index (χ1v) is 8.67. The summed E-state index contributed by atoms with van der Waals surface area (Å²) in [5.74, 6) is 4.64. The first-order valence-electron chi connectivity index (χ1n) is 7.52. The Labute approximate surface area is 131 Å². The van der Waals surface area contributed by atoms with Crippen LogP contribution in [0.2, 0.25) is 0 Å². The number of ether oxygens (including phenoxy) is 3. The second-order valence-corrected chi connectivity index (χ2v) is 6.48. The molecule has 21 heavy (non-hydrogen) atoms. The van der Waals surface area contributed by atoms with Crippen LogP contribution in [0, 0.1) is 0 Å². The van der Waals surface area contributed by atoms with Gasteiger partial charge in [-0.2, -0.15) is 11.8 Å². The molecule has 1 atom stereocenters. The molecule has 5 heteroatoms. The van der Waals surface area contributed by atoms with E-state index in [1.54, 1.807) is 7.11 Å². The standard InChI is InChI=1S/C16H25NO3S/c1-4-21-8-5-12(2)17-11-13-9-14(18-3)16-15(10-13)19-6-7-20-16/h9-10,12,17H,4-8,11H2,1-3H3. The number of thioether (sulfide) groups is 1. The predicted octanol–water partition coefficient (Wildman–Crippen LogP) is 3.09. The molecule has 2 rings (SSSR count). The fourth-order valence-electron chi connectivity index (χ4n) is 2.23. The molecule has 1 aliphatic heterocycles. The largest absolute Gasteiger partial charge is 0.493 e. The van der Waals surface area contributed by atoms with E-state index in [2.05, 4.69) is 19.2 Å². The van der Waals surface area contributed by atoms with Crippen LogP contribution < -0.4 is 19.5 Å². The number of fused-ring (bicyclic) bond motifs is 1. The van der Waals surface area contributed by atoms with E-state index in [1.165, 1.54) is 17.9 Å². The summed E-state index contributed by atoms with van der Waals surface area (Å²) in [6.45, 7) is 6.41. The van der Waals surface area contributed by atoms with Gasteiger partial charge in [-0.3, -0.25) is 0 Å². The van der Waals surface area contributed by atoms with E-state index in [4.69, 9.17) is 14.2 Å². The van der Waals surface area contributed by atoms with Crippen LogP contribution in [0.4, 0.5) is 0 Å². The highest BCUT2D eigenvalue weighted by molar-refractivity contribution is 7.99. The summed E-state index contributed by atoms with van der Waals surface area (Å²) in [4.78, 5) is 0. The van der Waals surface area contributed by atoms with E-state index in [-0.39, 0.29) is 0 Å². The minimum Gasteiger partial charge on any atom is -0.493 e. The number of nitrogens with one attached hydrogen (secondary N) is 1. The normalized spacial score (nSPS) is 14.8. The minimum absolute atomic E-state index is 0.503.